The summed E-state index contributed by atoms with van der Waals surface area (Å²) in [5, 5.41) is 2.90. The van der Waals surface area contributed by atoms with Crippen LogP contribution in [0.2, 0.25) is 0 Å². The van der Waals surface area contributed by atoms with Crippen molar-refractivity contribution in [3.8, 4) is 12.0 Å². The summed E-state index contributed by atoms with van der Waals surface area (Å²) in [7, 11) is 1.75. The molecule has 2 aromatic heterocycles. The van der Waals surface area contributed by atoms with Crippen molar-refractivity contribution in [1.82, 2.24) is 24.5 Å². The van der Waals surface area contributed by atoms with Crippen molar-refractivity contribution in [2.24, 2.45) is 0 Å². The van der Waals surface area contributed by atoms with Crippen molar-refractivity contribution in [2.75, 3.05) is 25.6 Å². The third-order valence-corrected chi connectivity index (χ3v) is 3.23. The summed E-state index contributed by atoms with van der Waals surface area (Å²) in [6.07, 6.45) is 8.48. The molecule has 0 aliphatic carbocycles. The number of nitrogens with zero attached hydrogens (tertiary/aromatic N) is 5. The highest BCUT2D eigenvalue weighted by Crippen LogP contribution is 2.15. The highest BCUT2D eigenvalue weighted by Gasteiger charge is 2.16. The van der Waals surface area contributed by atoms with E-state index in [4.69, 9.17) is 9.47 Å². The monoisotopic (exact) mass is 290 g/mol. The maximum Gasteiger partial charge on any atom is 0.323 e. The molecule has 0 bridgehead atoms. The molecule has 112 valence electrons. The average molecular weight is 290 g/mol. The minimum atomic E-state index is 0.116. The van der Waals surface area contributed by atoms with Gasteiger partial charge in [-0.15, -0.1) is 0 Å². The Bertz CT molecular complexity index is 568. The molecule has 1 fully saturated rings. The zero-order valence-corrected chi connectivity index (χ0v) is 11.9. The van der Waals surface area contributed by atoms with Crippen molar-refractivity contribution in [3.63, 3.8) is 0 Å². The van der Waals surface area contributed by atoms with Crippen LogP contribution in [-0.2, 0) is 4.74 Å². The van der Waals surface area contributed by atoms with Gasteiger partial charge in [0.05, 0.1) is 6.10 Å². The minimum absolute atomic E-state index is 0.116. The molecular formula is C13H18N6O2. The Morgan fingerprint density at radius 1 is 1.38 bits per heavy atom. The lowest BCUT2D eigenvalue weighted by molar-refractivity contribution is -0.0129. The number of aromatic nitrogens is 5. The lowest BCUT2D eigenvalue weighted by Crippen LogP contribution is -2.26. The number of imidazole rings is 1. The Morgan fingerprint density at radius 2 is 2.33 bits per heavy atom. The van der Waals surface area contributed by atoms with Crippen LogP contribution in [0.4, 0.5) is 5.95 Å². The fraction of sp³-hybridized carbons (Fsp3) is 0.538. The second kappa shape index (κ2) is 6.49. The fourth-order valence-electron chi connectivity index (χ4n) is 2.12. The molecule has 1 atom stereocenters. The van der Waals surface area contributed by atoms with Gasteiger partial charge in [0.1, 0.15) is 12.9 Å². The summed E-state index contributed by atoms with van der Waals surface area (Å²) in [6, 6.07) is 0.284. The summed E-state index contributed by atoms with van der Waals surface area (Å²) in [6.45, 7) is 1.25. The van der Waals surface area contributed by atoms with Crippen molar-refractivity contribution in [1.29, 1.82) is 0 Å². The van der Waals surface area contributed by atoms with Crippen LogP contribution in [-0.4, -0.2) is 50.9 Å². The molecule has 1 saturated heterocycles. The van der Waals surface area contributed by atoms with E-state index in [2.05, 4.69) is 25.3 Å². The quantitative estimate of drug-likeness (QED) is 0.880. The summed E-state index contributed by atoms with van der Waals surface area (Å²) in [5.74, 6) is 0.916. The molecular weight excluding hydrogens is 272 g/mol. The van der Waals surface area contributed by atoms with E-state index < -0.39 is 0 Å². The third-order valence-electron chi connectivity index (χ3n) is 3.23. The highest BCUT2D eigenvalue weighted by atomic mass is 16.5. The van der Waals surface area contributed by atoms with E-state index in [1.165, 1.54) is 6.42 Å². The van der Waals surface area contributed by atoms with Crippen molar-refractivity contribution < 1.29 is 9.47 Å². The van der Waals surface area contributed by atoms with Crippen LogP contribution < -0.4 is 10.1 Å². The van der Waals surface area contributed by atoms with E-state index in [1.54, 1.807) is 30.3 Å². The van der Waals surface area contributed by atoms with Crippen molar-refractivity contribution in [2.45, 2.75) is 25.4 Å². The standard InChI is InChI=1S/C13H18N6O2/c1-14-11-16-12(19-6-5-15-9-19)18-13(17-11)21-8-10-4-2-3-7-20-10/h5-6,9-10H,2-4,7-8H2,1H3,(H,14,16,17,18). The predicted octanol–water partition coefficient (Wildman–Crippen LogP) is 1.05. The van der Waals surface area contributed by atoms with E-state index in [1.807, 2.05) is 0 Å². The largest absolute Gasteiger partial charge is 0.461 e. The molecule has 2 aromatic rings. The second-order valence-electron chi connectivity index (χ2n) is 4.76. The van der Waals surface area contributed by atoms with Crippen LogP contribution >= 0.6 is 0 Å². The van der Waals surface area contributed by atoms with Gasteiger partial charge < -0.3 is 14.8 Å². The first-order chi connectivity index (χ1) is 10.3. The van der Waals surface area contributed by atoms with Crippen molar-refractivity contribution in [3.05, 3.63) is 18.7 Å². The molecule has 1 aliphatic heterocycles. The van der Waals surface area contributed by atoms with E-state index in [0.717, 1.165) is 19.4 Å². The molecule has 1 unspecified atom stereocenters. The van der Waals surface area contributed by atoms with Gasteiger partial charge in [-0.3, -0.25) is 4.57 Å². The van der Waals surface area contributed by atoms with Gasteiger partial charge in [-0.05, 0) is 19.3 Å². The van der Waals surface area contributed by atoms with Crippen LogP contribution in [0.15, 0.2) is 18.7 Å². The topological polar surface area (TPSA) is 87.0 Å². The van der Waals surface area contributed by atoms with Gasteiger partial charge >= 0.3 is 6.01 Å². The number of rotatable bonds is 5. The summed E-state index contributed by atoms with van der Waals surface area (Å²) >= 11 is 0. The van der Waals surface area contributed by atoms with E-state index in [-0.39, 0.29) is 12.1 Å². The molecule has 1 aliphatic rings. The number of anilines is 1. The molecule has 0 radical (unpaired) electrons. The lowest BCUT2D eigenvalue weighted by Gasteiger charge is -2.22. The lowest BCUT2D eigenvalue weighted by atomic mass is 10.1. The van der Waals surface area contributed by atoms with Crippen molar-refractivity contribution >= 4 is 5.95 Å². The maximum absolute atomic E-state index is 5.67. The third kappa shape index (κ3) is 3.46. The number of hydrogen-bond acceptors (Lipinski definition) is 7. The Labute approximate surface area is 122 Å². The smallest absolute Gasteiger partial charge is 0.323 e. The number of hydrogen-bond donors (Lipinski definition) is 1. The number of ether oxygens (including phenoxy) is 2. The van der Waals surface area contributed by atoms with Crippen LogP contribution in [0.1, 0.15) is 19.3 Å². The van der Waals surface area contributed by atoms with E-state index in [0.29, 0.717) is 18.5 Å². The average Bonchev–Trinajstić information content (AvgIpc) is 3.08. The first-order valence-corrected chi connectivity index (χ1v) is 7.02. The summed E-state index contributed by atoms with van der Waals surface area (Å²) < 4.78 is 13.0. The van der Waals surface area contributed by atoms with Crippen LogP contribution in [0.3, 0.4) is 0 Å². The Kier molecular flexibility index (Phi) is 4.25. The molecule has 8 heteroatoms. The number of nitrogens with one attached hydrogen (secondary N) is 1. The van der Waals surface area contributed by atoms with Gasteiger partial charge in [0, 0.05) is 26.0 Å². The first kappa shape index (κ1) is 13.7. The molecule has 8 nitrogen and oxygen atoms in total. The second-order valence-corrected chi connectivity index (χ2v) is 4.76. The molecule has 0 aromatic carbocycles. The molecule has 0 saturated carbocycles. The first-order valence-electron chi connectivity index (χ1n) is 7.02. The van der Waals surface area contributed by atoms with Gasteiger partial charge in [-0.25, -0.2) is 4.98 Å². The highest BCUT2D eigenvalue weighted by molar-refractivity contribution is 5.29. The SMILES string of the molecule is CNc1nc(OCC2CCCCO2)nc(-n2ccnc2)n1. The van der Waals surface area contributed by atoms with Crippen LogP contribution in [0.25, 0.3) is 5.95 Å². The zero-order chi connectivity index (χ0) is 14.5. The molecule has 3 heterocycles. The fourth-order valence-corrected chi connectivity index (χ4v) is 2.12. The zero-order valence-electron chi connectivity index (χ0n) is 11.9. The van der Waals surface area contributed by atoms with Gasteiger partial charge in [-0.2, -0.15) is 15.0 Å². The Hall–Kier alpha value is -2.22. The Morgan fingerprint density at radius 3 is 3.05 bits per heavy atom. The molecule has 0 spiro atoms. The minimum Gasteiger partial charge on any atom is -0.461 e. The summed E-state index contributed by atoms with van der Waals surface area (Å²) in [4.78, 5) is 16.7. The van der Waals surface area contributed by atoms with Gasteiger partial charge in [0.15, 0.2) is 0 Å². The van der Waals surface area contributed by atoms with Crippen LogP contribution in [0, 0.1) is 0 Å². The van der Waals surface area contributed by atoms with E-state index in [9.17, 15) is 0 Å². The van der Waals surface area contributed by atoms with Gasteiger partial charge in [-0.1, -0.05) is 0 Å². The molecule has 3 rings (SSSR count). The maximum atomic E-state index is 5.67. The molecule has 21 heavy (non-hydrogen) atoms. The van der Waals surface area contributed by atoms with E-state index >= 15 is 0 Å². The Balaban J connectivity index is 1.73. The predicted molar refractivity (Wildman–Crippen MR) is 75.6 cm³/mol. The summed E-state index contributed by atoms with van der Waals surface area (Å²) in [5.41, 5.74) is 0. The van der Waals surface area contributed by atoms with Gasteiger partial charge in [0.25, 0.3) is 0 Å². The molecule has 1 N–H and O–H groups in total. The normalized spacial score (nSPS) is 18.4. The van der Waals surface area contributed by atoms with Gasteiger partial charge in [0.2, 0.25) is 11.9 Å². The molecule has 0 amide bonds. The van der Waals surface area contributed by atoms with Crippen LogP contribution in [0.5, 0.6) is 6.01 Å².